The van der Waals surface area contributed by atoms with Crippen molar-refractivity contribution < 1.29 is 9.53 Å². The second-order valence-electron chi connectivity index (χ2n) is 3.58. The van der Waals surface area contributed by atoms with Crippen LogP contribution in [0.3, 0.4) is 0 Å². The molecule has 0 aliphatic carbocycles. The van der Waals surface area contributed by atoms with Crippen LogP contribution in [-0.2, 0) is 9.53 Å². The van der Waals surface area contributed by atoms with Crippen molar-refractivity contribution >= 4 is 5.91 Å². The van der Waals surface area contributed by atoms with Gasteiger partial charge >= 0.3 is 0 Å². The number of rotatable bonds is 2. The van der Waals surface area contributed by atoms with Crippen LogP contribution < -0.4 is 5.73 Å². The Morgan fingerprint density at radius 3 is 2.92 bits per heavy atom. The van der Waals surface area contributed by atoms with E-state index < -0.39 is 0 Å². The Bertz CT molecular complexity index is 184. The third-order valence-corrected chi connectivity index (χ3v) is 2.72. The first kappa shape index (κ1) is 10.5. The van der Waals surface area contributed by atoms with Gasteiger partial charge in [-0.25, -0.2) is 0 Å². The molecule has 1 heterocycles. The molecule has 1 saturated heterocycles. The number of carbonyl (C=O) groups is 1. The molecule has 1 rings (SSSR count). The summed E-state index contributed by atoms with van der Waals surface area (Å²) >= 11 is 0. The van der Waals surface area contributed by atoms with Crippen molar-refractivity contribution in [2.24, 2.45) is 11.7 Å². The van der Waals surface area contributed by atoms with Gasteiger partial charge in [0.05, 0.1) is 12.6 Å². The molecule has 4 nitrogen and oxygen atoms in total. The second kappa shape index (κ2) is 4.58. The van der Waals surface area contributed by atoms with E-state index in [1.165, 1.54) is 0 Å². The molecule has 1 aliphatic heterocycles. The van der Waals surface area contributed by atoms with Gasteiger partial charge in [-0.1, -0.05) is 6.92 Å². The van der Waals surface area contributed by atoms with Gasteiger partial charge in [0.1, 0.15) is 0 Å². The molecule has 0 bridgehead atoms. The SMILES string of the molecule is COC1CN(C(=O)CN)CCC1C. The number of nitrogens with two attached hydrogens (primary N) is 1. The number of hydrogen-bond donors (Lipinski definition) is 1. The lowest BCUT2D eigenvalue weighted by Gasteiger charge is -2.36. The average molecular weight is 186 g/mol. The zero-order chi connectivity index (χ0) is 9.84. The Labute approximate surface area is 79.0 Å². The molecule has 0 spiro atoms. The van der Waals surface area contributed by atoms with Crippen molar-refractivity contribution in [1.29, 1.82) is 0 Å². The fourth-order valence-electron chi connectivity index (χ4n) is 1.70. The molecule has 0 aromatic heterocycles. The molecular formula is C9H18N2O2. The third-order valence-electron chi connectivity index (χ3n) is 2.72. The van der Waals surface area contributed by atoms with Crippen molar-refractivity contribution in [2.45, 2.75) is 19.4 Å². The maximum absolute atomic E-state index is 11.3. The fourth-order valence-corrected chi connectivity index (χ4v) is 1.70. The lowest BCUT2D eigenvalue weighted by atomic mass is 9.96. The summed E-state index contributed by atoms with van der Waals surface area (Å²) in [5.41, 5.74) is 5.29. The maximum Gasteiger partial charge on any atom is 0.236 e. The average Bonchev–Trinajstić information content (AvgIpc) is 2.17. The lowest BCUT2D eigenvalue weighted by molar-refractivity contribution is -0.134. The van der Waals surface area contributed by atoms with E-state index in [2.05, 4.69) is 6.92 Å². The number of nitrogens with zero attached hydrogens (tertiary/aromatic N) is 1. The van der Waals surface area contributed by atoms with Crippen molar-refractivity contribution in [3.63, 3.8) is 0 Å². The van der Waals surface area contributed by atoms with Crippen molar-refractivity contribution in [3.05, 3.63) is 0 Å². The van der Waals surface area contributed by atoms with E-state index in [1.807, 2.05) is 0 Å². The minimum Gasteiger partial charge on any atom is -0.379 e. The molecule has 1 fully saturated rings. The van der Waals surface area contributed by atoms with Crippen LogP contribution in [0.4, 0.5) is 0 Å². The highest BCUT2D eigenvalue weighted by molar-refractivity contribution is 5.78. The van der Waals surface area contributed by atoms with Gasteiger partial charge in [0, 0.05) is 20.2 Å². The van der Waals surface area contributed by atoms with Crippen molar-refractivity contribution in [2.75, 3.05) is 26.7 Å². The fraction of sp³-hybridized carbons (Fsp3) is 0.889. The van der Waals surface area contributed by atoms with Gasteiger partial charge in [0.2, 0.25) is 5.91 Å². The van der Waals surface area contributed by atoms with Gasteiger partial charge in [-0.15, -0.1) is 0 Å². The standard InChI is InChI=1S/C9H18N2O2/c1-7-3-4-11(9(12)5-10)6-8(7)13-2/h7-8H,3-6,10H2,1-2H3. The lowest BCUT2D eigenvalue weighted by Crippen LogP contribution is -2.48. The Balaban J connectivity index is 2.49. The van der Waals surface area contributed by atoms with E-state index in [9.17, 15) is 4.79 Å². The summed E-state index contributed by atoms with van der Waals surface area (Å²) in [7, 11) is 1.69. The van der Waals surface area contributed by atoms with Gasteiger partial charge in [-0.05, 0) is 12.3 Å². The molecule has 0 aromatic rings. The minimum atomic E-state index is 0.0222. The zero-order valence-corrected chi connectivity index (χ0v) is 8.32. The third kappa shape index (κ3) is 2.42. The molecule has 0 aromatic carbocycles. The molecule has 2 atom stereocenters. The molecule has 2 unspecified atom stereocenters. The summed E-state index contributed by atoms with van der Waals surface area (Å²) in [6.45, 7) is 3.76. The highest BCUT2D eigenvalue weighted by Crippen LogP contribution is 2.19. The van der Waals surface area contributed by atoms with Crippen LogP contribution in [0.5, 0.6) is 0 Å². The van der Waals surface area contributed by atoms with Gasteiger partial charge in [-0.2, -0.15) is 0 Å². The Morgan fingerprint density at radius 2 is 2.38 bits per heavy atom. The first-order valence-electron chi connectivity index (χ1n) is 4.69. The van der Waals surface area contributed by atoms with E-state index in [0.29, 0.717) is 12.5 Å². The molecule has 0 saturated carbocycles. The van der Waals surface area contributed by atoms with Crippen LogP contribution in [0.25, 0.3) is 0 Å². The van der Waals surface area contributed by atoms with E-state index in [-0.39, 0.29) is 18.6 Å². The summed E-state index contributed by atoms with van der Waals surface area (Å²) < 4.78 is 5.29. The number of likely N-dealkylation sites (tertiary alicyclic amines) is 1. The van der Waals surface area contributed by atoms with Crippen LogP contribution in [0.2, 0.25) is 0 Å². The van der Waals surface area contributed by atoms with Crippen LogP contribution in [-0.4, -0.2) is 43.7 Å². The predicted octanol–water partition coefficient (Wildman–Crippen LogP) is -0.171. The van der Waals surface area contributed by atoms with Crippen LogP contribution in [0, 0.1) is 5.92 Å². The normalized spacial score (nSPS) is 29.0. The van der Waals surface area contributed by atoms with Gasteiger partial charge in [0.15, 0.2) is 0 Å². The Hall–Kier alpha value is -0.610. The maximum atomic E-state index is 11.3. The topological polar surface area (TPSA) is 55.6 Å². The summed E-state index contributed by atoms with van der Waals surface area (Å²) in [6, 6.07) is 0. The van der Waals surface area contributed by atoms with Crippen molar-refractivity contribution in [1.82, 2.24) is 4.90 Å². The monoisotopic (exact) mass is 186 g/mol. The van der Waals surface area contributed by atoms with Crippen molar-refractivity contribution in [3.8, 4) is 0 Å². The molecule has 13 heavy (non-hydrogen) atoms. The number of carbonyl (C=O) groups excluding carboxylic acids is 1. The number of piperidine rings is 1. The van der Waals surface area contributed by atoms with E-state index >= 15 is 0 Å². The van der Waals surface area contributed by atoms with Gasteiger partial charge in [-0.3, -0.25) is 4.79 Å². The first-order chi connectivity index (χ1) is 6.19. The van der Waals surface area contributed by atoms with Gasteiger partial charge < -0.3 is 15.4 Å². The highest BCUT2D eigenvalue weighted by Gasteiger charge is 2.27. The van der Waals surface area contributed by atoms with Gasteiger partial charge in [0.25, 0.3) is 0 Å². The van der Waals surface area contributed by atoms with Crippen LogP contribution >= 0.6 is 0 Å². The smallest absolute Gasteiger partial charge is 0.236 e. The molecule has 1 aliphatic rings. The summed E-state index contributed by atoms with van der Waals surface area (Å²) in [5, 5.41) is 0. The number of methoxy groups -OCH3 is 1. The van der Waals surface area contributed by atoms with E-state index in [1.54, 1.807) is 12.0 Å². The summed E-state index contributed by atoms with van der Waals surface area (Å²) in [5.74, 6) is 0.556. The Morgan fingerprint density at radius 1 is 1.69 bits per heavy atom. The summed E-state index contributed by atoms with van der Waals surface area (Å²) in [6.07, 6.45) is 1.17. The van der Waals surface area contributed by atoms with E-state index in [4.69, 9.17) is 10.5 Å². The van der Waals surface area contributed by atoms with Crippen LogP contribution in [0.15, 0.2) is 0 Å². The number of amides is 1. The predicted molar refractivity (Wildman–Crippen MR) is 50.2 cm³/mol. The Kier molecular flexibility index (Phi) is 3.69. The highest BCUT2D eigenvalue weighted by atomic mass is 16.5. The quantitative estimate of drug-likeness (QED) is 0.651. The number of hydrogen-bond acceptors (Lipinski definition) is 3. The molecule has 4 heteroatoms. The minimum absolute atomic E-state index is 0.0222. The molecule has 2 N–H and O–H groups in total. The number of ether oxygens (including phenoxy) is 1. The molecule has 0 radical (unpaired) electrons. The summed E-state index contributed by atoms with van der Waals surface area (Å²) in [4.78, 5) is 13.1. The first-order valence-corrected chi connectivity index (χ1v) is 4.69. The second-order valence-corrected chi connectivity index (χ2v) is 3.58. The molecule has 1 amide bonds. The molecule has 76 valence electrons. The van der Waals surface area contributed by atoms with Crippen LogP contribution in [0.1, 0.15) is 13.3 Å². The largest absolute Gasteiger partial charge is 0.379 e. The zero-order valence-electron chi connectivity index (χ0n) is 8.32. The molecular weight excluding hydrogens is 168 g/mol. The van der Waals surface area contributed by atoms with E-state index in [0.717, 1.165) is 13.0 Å².